The fourth-order valence-electron chi connectivity index (χ4n) is 3.39. The van der Waals surface area contributed by atoms with Gasteiger partial charge in [-0.25, -0.2) is 9.07 Å². The monoisotopic (exact) mass is 389 g/mol. The van der Waals surface area contributed by atoms with E-state index in [0.29, 0.717) is 6.04 Å². The minimum atomic E-state index is -0.240. The summed E-state index contributed by atoms with van der Waals surface area (Å²) in [6.45, 7) is 2.99. The second-order valence-corrected chi connectivity index (χ2v) is 8.29. The van der Waals surface area contributed by atoms with E-state index in [-0.39, 0.29) is 5.82 Å². The molecule has 1 aromatic heterocycles. The van der Waals surface area contributed by atoms with E-state index in [2.05, 4.69) is 39.4 Å². The predicted octanol–water partition coefficient (Wildman–Crippen LogP) is 3.39. The summed E-state index contributed by atoms with van der Waals surface area (Å²) in [5.74, 6) is 1.81. The lowest BCUT2D eigenvalue weighted by atomic mass is 10.2. The SMILES string of the molecule is CCSC1CCC(NC(=NC)NCCc2ccn(-c3ccc(F)cc3)n2)C1. The Hall–Kier alpha value is -2.02. The molecule has 27 heavy (non-hydrogen) atoms. The smallest absolute Gasteiger partial charge is 0.191 e. The molecule has 2 atom stereocenters. The lowest BCUT2D eigenvalue weighted by molar-refractivity contribution is 0.614. The van der Waals surface area contributed by atoms with Gasteiger partial charge in [0.15, 0.2) is 5.96 Å². The normalized spacial score (nSPS) is 20.0. The summed E-state index contributed by atoms with van der Waals surface area (Å²) in [5.41, 5.74) is 1.84. The molecular weight excluding hydrogens is 361 g/mol. The molecule has 1 aliphatic carbocycles. The van der Waals surface area contributed by atoms with Crippen molar-refractivity contribution in [1.29, 1.82) is 0 Å². The number of hydrogen-bond acceptors (Lipinski definition) is 3. The quantitative estimate of drug-likeness (QED) is 0.563. The number of benzene rings is 1. The van der Waals surface area contributed by atoms with E-state index in [0.717, 1.165) is 35.6 Å². The van der Waals surface area contributed by atoms with Crippen molar-refractivity contribution >= 4 is 17.7 Å². The van der Waals surface area contributed by atoms with Crippen LogP contribution in [0.5, 0.6) is 0 Å². The van der Waals surface area contributed by atoms with E-state index < -0.39 is 0 Å². The van der Waals surface area contributed by atoms with Crippen LogP contribution in [0.1, 0.15) is 31.9 Å². The zero-order valence-corrected chi connectivity index (χ0v) is 16.8. The number of aromatic nitrogens is 2. The molecule has 2 aromatic rings. The van der Waals surface area contributed by atoms with Crippen LogP contribution in [0.25, 0.3) is 5.69 Å². The van der Waals surface area contributed by atoms with Crippen molar-refractivity contribution in [2.24, 2.45) is 4.99 Å². The van der Waals surface area contributed by atoms with Crippen LogP contribution in [0.4, 0.5) is 4.39 Å². The molecule has 1 saturated carbocycles. The van der Waals surface area contributed by atoms with Crippen molar-refractivity contribution < 1.29 is 4.39 Å². The lowest BCUT2D eigenvalue weighted by Gasteiger charge is -2.17. The Morgan fingerprint density at radius 3 is 2.85 bits per heavy atom. The van der Waals surface area contributed by atoms with E-state index >= 15 is 0 Å². The van der Waals surface area contributed by atoms with Gasteiger partial charge in [-0.1, -0.05) is 6.92 Å². The highest BCUT2D eigenvalue weighted by Gasteiger charge is 2.24. The Kier molecular flexibility index (Phi) is 7.15. The first-order chi connectivity index (χ1) is 13.2. The highest BCUT2D eigenvalue weighted by atomic mass is 32.2. The van der Waals surface area contributed by atoms with Crippen LogP contribution in [-0.2, 0) is 6.42 Å². The first kappa shape index (κ1) is 19.7. The van der Waals surface area contributed by atoms with Crippen LogP contribution in [-0.4, -0.2) is 46.4 Å². The molecule has 1 heterocycles. The van der Waals surface area contributed by atoms with Crippen LogP contribution in [0.15, 0.2) is 41.5 Å². The fourth-order valence-corrected chi connectivity index (χ4v) is 4.53. The number of rotatable bonds is 7. The summed E-state index contributed by atoms with van der Waals surface area (Å²) >= 11 is 2.06. The van der Waals surface area contributed by atoms with Gasteiger partial charge in [0, 0.05) is 37.5 Å². The van der Waals surface area contributed by atoms with Gasteiger partial charge >= 0.3 is 0 Å². The van der Waals surface area contributed by atoms with Gasteiger partial charge in [-0.2, -0.15) is 16.9 Å². The summed E-state index contributed by atoms with van der Waals surface area (Å²) in [7, 11) is 1.81. The molecular formula is C20H28FN5S. The van der Waals surface area contributed by atoms with Crippen molar-refractivity contribution in [1.82, 2.24) is 20.4 Å². The first-order valence-electron chi connectivity index (χ1n) is 9.57. The van der Waals surface area contributed by atoms with Gasteiger partial charge in [-0.15, -0.1) is 0 Å². The Morgan fingerprint density at radius 2 is 2.11 bits per heavy atom. The number of nitrogens with one attached hydrogen (secondary N) is 2. The highest BCUT2D eigenvalue weighted by molar-refractivity contribution is 7.99. The third-order valence-corrected chi connectivity index (χ3v) is 5.99. The maximum Gasteiger partial charge on any atom is 0.191 e. The molecule has 0 spiro atoms. The van der Waals surface area contributed by atoms with E-state index in [4.69, 9.17) is 0 Å². The van der Waals surface area contributed by atoms with Crippen molar-refractivity contribution in [3.63, 3.8) is 0 Å². The number of aliphatic imine (C=N–C) groups is 1. The molecule has 0 radical (unpaired) electrons. The molecule has 0 saturated heterocycles. The largest absolute Gasteiger partial charge is 0.356 e. The van der Waals surface area contributed by atoms with Crippen LogP contribution < -0.4 is 10.6 Å². The molecule has 2 N–H and O–H groups in total. The van der Waals surface area contributed by atoms with Crippen LogP contribution >= 0.6 is 11.8 Å². The fraction of sp³-hybridized carbons (Fsp3) is 0.500. The van der Waals surface area contributed by atoms with Gasteiger partial charge in [-0.3, -0.25) is 4.99 Å². The van der Waals surface area contributed by atoms with E-state index in [9.17, 15) is 4.39 Å². The Bertz CT molecular complexity index is 743. The van der Waals surface area contributed by atoms with E-state index in [1.807, 2.05) is 19.3 Å². The molecule has 0 amide bonds. The Labute approximate surface area is 164 Å². The minimum absolute atomic E-state index is 0.240. The molecule has 146 valence electrons. The van der Waals surface area contributed by atoms with Crippen molar-refractivity contribution in [2.75, 3.05) is 19.3 Å². The molecule has 0 bridgehead atoms. The average Bonchev–Trinajstić information content (AvgIpc) is 3.31. The maximum atomic E-state index is 13.0. The van der Waals surface area contributed by atoms with Crippen LogP contribution in [0.3, 0.4) is 0 Å². The number of guanidine groups is 1. The molecule has 0 aliphatic heterocycles. The van der Waals surface area contributed by atoms with Gasteiger partial charge in [0.05, 0.1) is 11.4 Å². The molecule has 1 aromatic carbocycles. The zero-order valence-electron chi connectivity index (χ0n) is 16.0. The second kappa shape index (κ2) is 9.78. The highest BCUT2D eigenvalue weighted by Crippen LogP contribution is 2.29. The van der Waals surface area contributed by atoms with Crippen molar-refractivity contribution in [2.45, 2.75) is 43.9 Å². The van der Waals surface area contributed by atoms with Gasteiger partial charge in [-0.05, 0) is 55.3 Å². The third-order valence-electron chi connectivity index (χ3n) is 4.76. The first-order valence-corrected chi connectivity index (χ1v) is 10.6. The van der Waals surface area contributed by atoms with Gasteiger partial charge in [0.1, 0.15) is 5.82 Å². The molecule has 2 unspecified atom stereocenters. The Morgan fingerprint density at radius 1 is 1.30 bits per heavy atom. The standard InChI is InChI=1S/C20H28FN5S/c1-3-27-19-9-6-17(14-19)24-20(22-2)23-12-10-16-11-13-26(25-16)18-7-4-15(21)5-8-18/h4-5,7-8,11,13,17,19H,3,6,9-10,12,14H2,1-2H3,(H2,22,23,24). The Balaban J connectivity index is 1.44. The molecule has 5 nitrogen and oxygen atoms in total. The van der Waals surface area contributed by atoms with Crippen molar-refractivity contribution in [3.8, 4) is 5.69 Å². The van der Waals surface area contributed by atoms with E-state index in [1.54, 1.807) is 16.8 Å². The van der Waals surface area contributed by atoms with Gasteiger partial charge in [0.25, 0.3) is 0 Å². The summed E-state index contributed by atoms with van der Waals surface area (Å²) in [5, 5.41) is 12.3. The molecule has 3 rings (SSSR count). The topological polar surface area (TPSA) is 54.2 Å². The lowest BCUT2D eigenvalue weighted by Crippen LogP contribution is -2.43. The number of halogens is 1. The number of hydrogen-bond donors (Lipinski definition) is 2. The van der Waals surface area contributed by atoms with Crippen molar-refractivity contribution in [3.05, 3.63) is 48.0 Å². The summed E-state index contributed by atoms with van der Waals surface area (Å²) in [6.07, 6.45) is 6.41. The van der Waals surface area contributed by atoms with Gasteiger partial charge < -0.3 is 10.6 Å². The third kappa shape index (κ3) is 5.73. The maximum absolute atomic E-state index is 13.0. The predicted molar refractivity (Wildman–Crippen MR) is 111 cm³/mol. The van der Waals surface area contributed by atoms with Crippen LogP contribution in [0.2, 0.25) is 0 Å². The molecule has 1 fully saturated rings. The summed E-state index contributed by atoms with van der Waals surface area (Å²) < 4.78 is 14.8. The summed E-state index contributed by atoms with van der Waals surface area (Å²) in [4.78, 5) is 4.34. The molecule has 7 heteroatoms. The van der Waals surface area contributed by atoms with Gasteiger partial charge in [0.2, 0.25) is 0 Å². The zero-order chi connectivity index (χ0) is 19.1. The summed E-state index contributed by atoms with van der Waals surface area (Å²) in [6, 6.07) is 8.84. The average molecular weight is 390 g/mol. The number of thioether (sulfide) groups is 1. The second-order valence-electron chi connectivity index (χ2n) is 6.71. The van der Waals surface area contributed by atoms with E-state index in [1.165, 1.54) is 37.1 Å². The molecule has 1 aliphatic rings. The van der Waals surface area contributed by atoms with Crippen LogP contribution in [0, 0.1) is 5.82 Å². The minimum Gasteiger partial charge on any atom is -0.356 e. The number of nitrogens with zero attached hydrogens (tertiary/aromatic N) is 3.